The Morgan fingerprint density at radius 1 is 1.56 bits per heavy atom. The maximum Gasteiger partial charge on any atom is 0.243 e. The largest absolute Gasteiger partial charge is 0.495 e. The van der Waals surface area contributed by atoms with Crippen molar-refractivity contribution in [3.05, 3.63) is 27.2 Å². The summed E-state index contributed by atoms with van der Waals surface area (Å²) in [6.07, 6.45) is 0. The maximum atomic E-state index is 13.7. The number of ether oxygens (including phenoxy) is 1. The van der Waals surface area contributed by atoms with Gasteiger partial charge in [-0.1, -0.05) is 10.3 Å². The number of H-pyrrole nitrogens is 1. The Bertz CT molecular complexity index is 582. The third-order valence-electron chi connectivity index (χ3n) is 1.93. The molecular formula is C8H6BrFN4OS. The van der Waals surface area contributed by atoms with Crippen molar-refractivity contribution in [1.82, 2.24) is 20.2 Å². The van der Waals surface area contributed by atoms with Crippen molar-refractivity contribution in [3.63, 3.8) is 0 Å². The molecule has 5 nitrogen and oxygen atoms in total. The minimum absolute atomic E-state index is 0.142. The Labute approximate surface area is 103 Å². The molecule has 84 valence electrons. The molecular weight excluding hydrogens is 299 g/mol. The van der Waals surface area contributed by atoms with Crippen molar-refractivity contribution in [1.29, 1.82) is 0 Å². The number of nitrogens with one attached hydrogen (secondary N) is 1. The lowest BCUT2D eigenvalue weighted by Gasteiger charge is -2.07. The summed E-state index contributed by atoms with van der Waals surface area (Å²) in [7, 11) is 1.49. The van der Waals surface area contributed by atoms with Crippen molar-refractivity contribution in [2.75, 3.05) is 7.11 Å². The summed E-state index contributed by atoms with van der Waals surface area (Å²) in [5.74, 6) is 0.0303. The van der Waals surface area contributed by atoms with Gasteiger partial charge in [-0.25, -0.2) is 9.07 Å². The van der Waals surface area contributed by atoms with Crippen molar-refractivity contribution in [2.45, 2.75) is 0 Å². The van der Waals surface area contributed by atoms with E-state index < -0.39 is 5.82 Å². The molecule has 2 rings (SSSR count). The highest BCUT2D eigenvalue weighted by atomic mass is 79.9. The van der Waals surface area contributed by atoms with Crippen molar-refractivity contribution < 1.29 is 9.13 Å². The van der Waals surface area contributed by atoms with E-state index in [-0.39, 0.29) is 10.5 Å². The van der Waals surface area contributed by atoms with Crippen LogP contribution >= 0.6 is 28.1 Å². The van der Waals surface area contributed by atoms with E-state index in [9.17, 15) is 4.39 Å². The molecule has 8 heteroatoms. The van der Waals surface area contributed by atoms with Crippen molar-refractivity contribution in [3.8, 4) is 11.4 Å². The average Bonchev–Trinajstić information content (AvgIpc) is 2.65. The number of benzene rings is 1. The van der Waals surface area contributed by atoms with Crippen molar-refractivity contribution >= 4 is 28.1 Å². The Kier molecular flexibility index (Phi) is 3.01. The number of hydrogen-bond donors (Lipinski definition) is 1. The number of aromatic nitrogens is 4. The standard InChI is InChI=1S/C8H6BrFN4OS/c1-15-7-3-6(5(10)2-4(7)9)14-8(16)11-12-13-14/h2-3H,1H3,(H,11,13,16). The smallest absolute Gasteiger partial charge is 0.243 e. The highest BCUT2D eigenvalue weighted by Crippen LogP contribution is 2.29. The number of nitrogens with zero attached hydrogens (tertiary/aromatic N) is 3. The molecule has 0 aliphatic heterocycles. The zero-order valence-corrected chi connectivity index (χ0v) is 10.5. The molecule has 0 radical (unpaired) electrons. The molecule has 2 aromatic rings. The van der Waals surface area contributed by atoms with Crippen LogP contribution in [0.1, 0.15) is 0 Å². The molecule has 1 aromatic heterocycles. The van der Waals surface area contributed by atoms with Crippen LogP contribution in [0.3, 0.4) is 0 Å². The highest BCUT2D eigenvalue weighted by Gasteiger charge is 2.11. The third kappa shape index (κ3) is 1.85. The van der Waals surface area contributed by atoms with Gasteiger partial charge in [0, 0.05) is 6.07 Å². The minimum atomic E-state index is -0.463. The average molecular weight is 305 g/mol. The fourth-order valence-corrected chi connectivity index (χ4v) is 1.86. The van der Waals surface area contributed by atoms with Crippen LogP contribution in [0.4, 0.5) is 4.39 Å². The number of tetrazole rings is 1. The second kappa shape index (κ2) is 4.30. The zero-order chi connectivity index (χ0) is 11.7. The summed E-state index contributed by atoms with van der Waals surface area (Å²) < 4.78 is 20.7. The number of hydrogen-bond acceptors (Lipinski definition) is 4. The van der Waals surface area contributed by atoms with Gasteiger partial charge in [0.25, 0.3) is 0 Å². The van der Waals surface area contributed by atoms with Gasteiger partial charge in [-0.2, -0.15) is 5.21 Å². The van der Waals surface area contributed by atoms with E-state index in [0.29, 0.717) is 10.2 Å². The molecule has 0 unspecified atom stereocenters. The topological polar surface area (TPSA) is 55.7 Å². The van der Waals surface area contributed by atoms with E-state index in [0.717, 1.165) is 0 Å². The predicted molar refractivity (Wildman–Crippen MR) is 60.8 cm³/mol. The first kappa shape index (κ1) is 11.2. The van der Waals surface area contributed by atoms with Gasteiger partial charge in [-0.3, -0.25) is 0 Å². The quantitative estimate of drug-likeness (QED) is 0.865. The molecule has 1 N–H and O–H groups in total. The van der Waals surface area contributed by atoms with Gasteiger partial charge in [0.15, 0.2) is 0 Å². The van der Waals surface area contributed by atoms with E-state index >= 15 is 0 Å². The van der Waals surface area contributed by atoms with Crippen LogP contribution in [0.2, 0.25) is 0 Å². The number of aromatic amines is 1. The normalized spacial score (nSPS) is 10.4. The van der Waals surface area contributed by atoms with Crippen molar-refractivity contribution in [2.24, 2.45) is 0 Å². The molecule has 0 aliphatic rings. The summed E-state index contributed by atoms with van der Waals surface area (Å²) in [4.78, 5) is 0. The number of halogens is 2. The Balaban J connectivity index is 2.66. The van der Waals surface area contributed by atoms with E-state index in [1.165, 1.54) is 23.9 Å². The first-order valence-corrected chi connectivity index (χ1v) is 5.37. The Morgan fingerprint density at radius 3 is 2.88 bits per heavy atom. The van der Waals surface area contributed by atoms with Crippen LogP contribution in [0, 0.1) is 10.6 Å². The van der Waals surface area contributed by atoms with E-state index in [2.05, 4.69) is 31.5 Å². The first-order chi connectivity index (χ1) is 7.63. The van der Waals surface area contributed by atoms with Gasteiger partial charge in [0.2, 0.25) is 4.77 Å². The number of rotatable bonds is 2. The van der Waals surface area contributed by atoms with Gasteiger partial charge in [0.05, 0.1) is 11.6 Å². The molecule has 0 atom stereocenters. The van der Waals surface area contributed by atoms with Crippen LogP contribution in [-0.4, -0.2) is 27.3 Å². The van der Waals surface area contributed by atoms with Gasteiger partial charge < -0.3 is 4.74 Å². The molecule has 0 aliphatic carbocycles. The molecule has 0 amide bonds. The first-order valence-electron chi connectivity index (χ1n) is 4.17. The third-order valence-corrected chi connectivity index (χ3v) is 2.82. The fourth-order valence-electron chi connectivity index (χ4n) is 1.20. The molecule has 1 heterocycles. The van der Waals surface area contributed by atoms with E-state index in [4.69, 9.17) is 17.0 Å². The fraction of sp³-hybridized carbons (Fsp3) is 0.125. The minimum Gasteiger partial charge on any atom is -0.495 e. The summed E-state index contributed by atoms with van der Waals surface area (Å²) >= 11 is 8.06. The van der Waals surface area contributed by atoms with Crippen LogP contribution in [0.25, 0.3) is 5.69 Å². The van der Waals surface area contributed by atoms with E-state index in [1.807, 2.05) is 0 Å². The molecule has 0 spiro atoms. The van der Waals surface area contributed by atoms with E-state index in [1.54, 1.807) is 0 Å². The monoisotopic (exact) mass is 304 g/mol. The molecule has 0 saturated carbocycles. The molecule has 16 heavy (non-hydrogen) atoms. The number of methoxy groups -OCH3 is 1. The zero-order valence-electron chi connectivity index (χ0n) is 8.07. The summed E-state index contributed by atoms with van der Waals surface area (Å²) in [6, 6.07) is 2.78. The molecule has 1 aromatic carbocycles. The highest BCUT2D eigenvalue weighted by molar-refractivity contribution is 9.10. The second-order valence-electron chi connectivity index (χ2n) is 2.86. The lowest BCUT2D eigenvalue weighted by molar-refractivity contribution is 0.410. The van der Waals surface area contributed by atoms with Gasteiger partial charge in [-0.15, -0.1) is 0 Å². The second-order valence-corrected chi connectivity index (χ2v) is 4.08. The van der Waals surface area contributed by atoms with Crippen LogP contribution in [-0.2, 0) is 0 Å². The predicted octanol–water partition coefficient (Wildman–Crippen LogP) is 2.24. The lowest BCUT2D eigenvalue weighted by Crippen LogP contribution is -2.01. The summed E-state index contributed by atoms with van der Waals surface area (Å²) in [5.41, 5.74) is 0.204. The van der Waals surface area contributed by atoms with Gasteiger partial charge >= 0.3 is 0 Å². The Hall–Kier alpha value is -1.28. The SMILES string of the molecule is COc1cc(-n2[nH]nnc2=S)c(F)cc1Br. The van der Waals surface area contributed by atoms with Crippen LogP contribution in [0.15, 0.2) is 16.6 Å². The Morgan fingerprint density at radius 2 is 2.31 bits per heavy atom. The van der Waals surface area contributed by atoms with Crippen LogP contribution < -0.4 is 4.74 Å². The molecule has 0 fully saturated rings. The summed E-state index contributed by atoms with van der Waals surface area (Å²) in [5, 5.41) is 9.52. The molecule has 0 saturated heterocycles. The lowest BCUT2D eigenvalue weighted by atomic mass is 10.3. The maximum absolute atomic E-state index is 13.7. The molecule has 0 bridgehead atoms. The summed E-state index contributed by atoms with van der Waals surface area (Å²) in [6.45, 7) is 0. The van der Waals surface area contributed by atoms with Crippen LogP contribution in [0.5, 0.6) is 5.75 Å². The van der Waals surface area contributed by atoms with Gasteiger partial charge in [0.1, 0.15) is 17.3 Å². The van der Waals surface area contributed by atoms with Gasteiger partial charge in [-0.05, 0) is 34.2 Å².